The maximum Gasteiger partial charge on any atom is 0.246 e. The SMILES string of the molecule is C=CNC(O)=CC(N)=O. The van der Waals surface area contributed by atoms with Gasteiger partial charge in [-0.15, -0.1) is 0 Å². The zero-order valence-electron chi connectivity index (χ0n) is 4.79. The van der Waals surface area contributed by atoms with Crippen LogP contribution < -0.4 is 11.1 Å². The average molecular weight is 128 g/mol. The summed E-state index contributed by atoms with van der Waals surface area (Å²) in [5, 5.41) is 10.9. The van der Waals surface area contributed by atoms with Gasteiger partial charge in [-0.2, -0.15) is 0 Å². The fourth-order valence-electron chi connectivity index (χ4n) is 0.281. The van der Waals surface area contributed by atoms with Gasteiger partial charge >= 0.3 is 0 Å². The molecule has 0 aliphatic heterocycles. The van der Waals surface area contributed by atoms with Crippen LogP contribution in [0, 0.1) is 0 Å². The second-order valence-corrected chi connectivity index (χ2v) is 1.28. The van der Waals surface area contributed by atoms with Crippen molar-refractivity contribution in [1.82, 2.24) is 5.32 Å². The summed E-state index contributed by atoms with van der Waals surface area (Å²) in [5.41, 5.74) is 4.67. The molecule has 0 saturated heterocycles. The van der Waals surface area contributed by atoms with Crippen molar-refractivity contribution in [2.24, 2.45) is 5.73 Å². The third-order valence-electron chi connectivity index (χ3n) is 0.529. The van der Waals surface area contributed by atoms with Gasteiger partial charge in [0.05, 0.1) is 6.08 Å². The van der Waals surface area contributed by atoms with E-state index in [1.807, 2.05) is 0 Å². The molecule has 0 bridgehead atoms. The Morgan fingerprint density at radius 2 is 2.33 bits per heavy atom. The van der Waals surface area contributed by atoms with Crippen molar-refractivity contribution >= 4 is 5.91 Å². The number of hydrogen-bond donors (Lipinski definition) is 3. The number of aliphatic hydroxyl groups is 1. The molecule has 0 heterocycles. The molecule has 4 heteroatoms. The predicted octanol–water partition coefficient (Wildman–Crippen LogP) is -0.396. The number of nitrogens with two attached hydrogens (primary N) is 1. The standard InChI is InChI=1S/C5H8N2O2/c1-2-7-5(9)3-4(6)8/h2-3,7,9H,1H2,(H2,6,8). The van der Waals surface area contributed by atoms with Gasteiger partial charge < -0.3 is 16.2 Å². The predicted molar refractivity (Wildman–Crippen MR) is 33.2 cm³/mol. The maximum atomic E-state index is 10.00. The van der Waals surface area contributed by atoms with Crippen molar-refractivity contribution in [2.75, 3.05) is 0 Å². The van der Waals surface area contributed by atoms with E-state index < -0.39 is 5.91 Å². The number of aliphatic hydroxyl groups excluding tert-OH is 1. The minimum Gasteiger partial charge on any atom is -0.494 e. The van der Waals surface area contributed by atoms with Gasteiger partial charge in [0.2, 0.25) is 5.91 Å². The van der Waals surface area contributed by atoms with E-state index >= 15 is 0 Å². The van der Waals surface area contributed by atoms with Gasteiger partial charge in [-0.3, -0.25) is 4.79 Å². The van der Waals surface area contributed by atoms with Gasteiger partial charge in [0.1, 0.15) is 0 Å². The van der Waals surface area contributed by atoms with E-state index in [1.165, 1.54) is 6.20 Å². The molecule has 0 rings (SSSR count). The lowest BCUT2D eigenvalue weighted by molar-refractivity contribution is -0.113. The highest BCUT2D eigenvalue weighted by Gasteiger charge is 1.89. The highest BCUT2D eigenvalue weighted by atomic mass is 16.3. The second-order valence-electron chi connectivity index (χ2n) is 1.28. The monoisotopic (exact) mass is 128 g/mol. The maximum absolute atomic E-state index is 10.00. The summed E-state index contributed by atoms with van der Waals surface area (Å²) in [5.74, 6) is -1.01. The number of amides is 1. The summed E-state index contributed by atoms with van der Waals surface area (Å²) in [7, 11) is 0. The van der Waals surface area contributed by atoms with Crippen molar-refractivity contribution < 1.29 is 9.90 Å². The molecule has 0 unspecified atom stereocenters. The fraction of sp³-hybridized carbons (Fsp3) is 0. The summed E-state index contributed by atoms with van der Waals surface area (Å²) < 4.78 is 0. The van der Waals surface area contributed by atoms with Crippen LogP contribution in [0.2, 0.25) is 0 Å². The molecule has 0 spiro atoms. The van der Waals surface area contributed by atoms with Crippen LogP contribution in [0.4, 0.5) is 0 Å². The van der Waals surface area contributed by atoms with Crippen LogP contribution >= 0.6 is 0 Å². The van der Waals surface area contributed by atoms with Crippen molar-refractivity contribution in [3.8, 4) is 0 Å². The first kappa shape index (κ1) is 7.55. The Labute approximate surface area is 52.7 Å². The number of carbonyl (C=O) groups is 1. The topological polar surface area (TPSA) is 75.3 Å². The minimum absolute atomic E-state index is 0.308. The lowest BCUT2D eigenvalue weighted by atomic mass is 10.5. The Kier molecular flexibility index (Phi) is 2.97. The summed E-state index contributed by atoms with van der Waals surface area (Å²) in [6, 6.07) is 0. The zero-order valence-corrected chi connectivity index (χ0v) is 4.79. The molecule has 0 atom stereocenters. The number of nitrogens with one attached hydrogen (secondary N) is 1. The molecule has 50 valence electrons. The van der Waals surface area contributed by atoms with Gasteiger partial charge in [-0.1, -0.05) is 6.58 Å². The molecule has 1 amide bonds. The molecule has 0 aromatic carbocycles. The first-order valence-electron chi connectivity index (χ1n) is 2.24. The lowest BCUT2D eigenvalue weighted by Gasteiger charge is -1.93. The summed E-state index contributed by atoms with van der Waals surface area (Å²) >= 11 is 0. The molecule has 0 aliphatic carbocycles. The van der Waals surface area contributed by atoms with Crippen molar-refractivity contribution in [3.05, 3.63) is 24.7 Å². The highest BCUT2D eigenvalue weighted by molar-refractivity contribution is 5.86. The Morgan fingerprint density at radius 3 is 2.67 bits per heavy atom. The first-order chi connectivity index (χ1) is 4.16. The van der Waals surface area contributed by atoms with Crippen LogP contribution in [-0.2, 0) is 4.79 Å². The molecule has 0 aromatic rings. The van der Waals surface area contributed by atoms with Crippen LogP contribution in [0.1, 0.15) is 0 Å². The Morgan fingerprint density at radius 1 is 1.78 bits per heavy atom. The van der Waals surface area contributed by atoms with Gasteiger partial charge in [-0.25, -0.2) is 0 Å². The van der Waals surface area contributed by atoms with Gasteiger partial charge in [0, 0.05) is 0 Å². The van der Waals surface area contributed by atoms with Crippen LogP contribution in [-0.4, -0.2) is 11.0 Å². The van der Waals surface area contributed by atoms with E-state index in [0.717, 1.165) is 6.08 Å². The minimum atomic E-state index is -0.707. The number of primary amides is 1. The summed E-state index contributed by atoms with van der Waals surface area (Å²) in [6.45, 7) is 3.24. The van der Waals surface area contributed by atoms with Gasteiger partial charge in [-0.05, 0) is 6.20 Å². The van der Waals surface area contributed by atoms with Crippen LogP contribution in [0.25, 0.3) is 0 Å². The third kappa shape index (κ3) is 4.40. The summed E-state index contributed by atoms with van der Waals surface area (Å²) in [4.78, 5) is 10.00. The second kappa shape index (κ2) is 3.54. The van der Waals surface area contributed by atoms with E-state index in [9.17, 15) is 4.79 Å². The molecule has 9 heavy (non-hydrogen) atoms. The molecule has 0 radical (unpaired) electrons. The van der Waals surface area contributed by atoms with E-state index in [1.54, 1.807) is 0 Å². The molecular formula is C5H8N2O2. The largest absolute Gasteiger partial charge is 0.494 e. The molecular weight excluding hydrogens is 120 g/mol. The number of rotatable bonds is 3. The first-order valence-corrected chi connectivity index (χ1v) is 2.24. The van der Waals surface area contributed by atoms with Gasteiger partial charge in [0.15, 0.2) is 5.88 Å². The highest BCUT2D eigenvalue weighted by Crippen LogP contribution is 1.77. The van der Waals surface area contributed by atoms with E-state index in [0.29, 0.717) is 0 Å². The summed E-state index contributed by atoms with van der Waals surface area (Å²) in [6.07, 6.45) is 2.08. The number of carbonyl (C=O) groups excluding carboxylic acids is 1. The van der Waals surface area contributed by atoms with E-state index in [2.05, 4.69) is 17.6 Å². The zero-order chi connectivity index (χ0) is 7.28. The molecule has 4 N–H and O–H groups in total. The smallest absolute Gasteiger partial charge is 0.246 e. The normalized spacial score (nSPS) is 10.4. The van der Waals surface area contributed by atoms with Crippen molar-refractivity contribution in [3.63, 3.8) is 0 Å². The Hall–Kier alpha value is -1.45. The van der Waals surface area contributed by atoms with Gasteiger partial charge in [0.25, 0.3) is 0 Å². The quantitative estimate of drug-likeness (QED) is 0.357. The Balaban J connectivity index is 3.83. The number of hydrogen-bond acceptors (Lipinski definition) is 3. The van der Waals surface area contributed by atoms with Crippen molar-refractivity contribution in [2.45, 2.75) is 0 Å². The van der Waals surface area contributed by atoms with Crippen LogP contribution in [0.3, 0.4) is 0 Å². The molecule has 0 fully saturated rings. The lowest BCUT2D eigenvalue weighted by Crippen LogP contribution is -2.12. The van der Waals surface area contributed by atoms with Crippen LogP contribution in [0.5, 0.6) is 0 Å². The molecule has 0 saturated carbocycles. The molecule has 0 aromatic heterocycles. The van der Waals surface area contributed by atoms with E-state index in [-0.39, 0.29) is 5.88 Å². The molecule has 0 aliphatic rings. The average Bonchev–Trinajstić information content (AvgIpc) is 1.63. The fourth-order valence-corrected chi connectivity index (χ4v) is 0.281. The van der Waals surface area contributed by atoms with Crippen LogP contribution in [0.15, 0.2) is 24.7 Å². The third-order valence-corrected chi connectivity index (χ3v) is 0.529. The molecule has 4 nitrogen and oxygen atoms in total. The van der Waals surface area contributed by atoms with E-state index in [4.69, 9.17) is 5.11 Å². The Bertz CT molecular complexity index is 151. The van der Waals surface area contributed by atoms with Crippen molar-refractivity contribution in [1.29, 1.82) is 0 Å².